The lowest BCUT2D eigenvalue weighted by molar-refractivity contribution is 0.102. The van der Waals surface area contributed by atoms with E-state index in [4.69, 9.17) is 4.74 Å². The van der Waals surface area contributed by atoms with E-state index in [9.17, 15) is 4.79 Å². The summed E-state index contributed by atoms with van der Waals surface area (Å²) < 4.78 is 6.59. The standard InChI is InChI=1S/C16H15N5O2/c1-23-9-12-4-2-5-13(8-12)16(22)20-14-6-3-7-18-15(14)21-11-17-10-19-21/h2-8,10-11H,9H2,1H3,(H,20,22). The van der Waals surface area contributed by atoms with E-state index in [2.05, 4.69) is 20.4 Å². The number of carbonyl (C=O) groups excluding carboxylic acids is 1. The van der Waals surface area contributed by atoms with Gasteiger partial charge in [-0.15, -0.1) is 0 Å². The van der Waals surface area contributed by atoms with Gasteiger partial charge in [0.1, 0.15) is 12.7 Å². The van der Waals surface area contributed by atoms with Gasteiger partial charge in [0, 0.05) is 18.9 Å². The van der Waals surface area contributed by atoms with Crippen LogP contribution in [0.5, 0.6) is 0 Å². The Hall–Kier alpha value is -3.06. The molecule has 1 N–H and O–H groups in total. The Bertz CT molecular complexity index is 802. The van der Waals surface area contributed by atoms with E-state index in [1.54, 1.807) is 37.6 Å². The first kappa shape index (κ1) is 14.9. The first-order valence-corrected chi connectivity index (χ1v) is 6.97. The van der Waals surface area contributed by atoms with Crippen LogP contribution in [0.1, 0.15) is 15.9 Å². The SMILES string of the molecule is COCc1cccc(C(=O)Nc2cccnc2-n2cncn2)c1. The number of ether oxygens (including phenoxy) is 1. The monoisotopic (exact) mass is 309 g/mol. The number of hydrogen-bond donors (Lipinski definition) is 1. The van der Waals surface area contributed by atoms with E-state index >= 15 is 0 Å². The van der Waals surface area contributed by atoms with Crippen molar-refractivity contribution in [1.82, 2.24) is 19.7 Å². The van der Waals surface area contributed by atoms with Crippen molar-refractivity contribution in [1.29, 1.82) is 0 Å². The Labute approximate surface area is 133 Å². The molecule has 0 unspecified atom stereocenters. The number of methoxy groups -OCH3 is 1. The van der Waals surface area contributed by atoms with Crippen molar-refractivity contribution in [2.75, 3.05) is 12.4 Å². The van der Waals surface area contributed by atoms with Gasteiger partial charge in [-0.25, -0.2) is 14.6 Å². The van der Waals surface area contributed by atoms with Crippen molar-refractivity contribution in [2.24, 2.45) is 0 Å². The van der Waals surface area contributed by atoms with Gasteiger partial charge >= 0.3 is 0 Å². The third kappa shape index (κ3) is 3.41. The summed E-state index contributed by atoms with van der Waals surface area (Å²) in [7, 11) is 1.62. The molecule has 0 aliphatic rings. The highest BCUT2D eigenvalue weighted by Crippen LogP contribution is 2.17. The van der Waals surface area contributed by atoms with E-state index in [1.807, 2.05) is 12.1 Å². The summed E-state index contributed by atoms with van der Waals surface area (Å²) in [5.74, 6) is 0.281. The molecule has 0 fully saturated rings. The van der Waals surface area contributed by atoms with Crippen LogP contribution in [-0.4, -0.2) is 32.8 Å². The average molecular weight is 309 g/mol. The van der Waals surface area contributed by atoms with E-state index in [-0.39, 0.29) is 5.91 Å². The normalized spacial score (nSPS) is 10.5. The minimum atomic E-state index is -0.225. The van der Waals surface area contributed by atoms with Crippen molar-refractivity contribution >= 4 is 11.6 Å². The molecule has 0 bridgehead atoms. The second-order valence-electron chi connectivity index (χ2n) is 4.80. The van der Waals surface area contributed by atoms with E-state index in [1.165, 1.54) is 17.3 Å². The lowest BCUT2D eigenvalue weighted by Gasteiger charge is -2.10. The molecule has 116 valence electrons. The number of nitrogens with zero attached hydrogens (tertiary/aromatic N) is 4. The molecule has 0 aliphatic carbocycles. The molecule has 0 aliphatic heterocycles. The predicted molar refractivity (Wildman–Crippen MR) is 84.3 cm³/mol. The molecule has 0 radical (unpaired) electrons. The lowest BCUT2D eigenvalue weighted by atomic mass is 10.1. The van der Waals surface area contributed by atoms with Gasteiger partial charge in [0.15, 0.2) is 5.82 Å². The van der Waals surface area contributed by atoms with Crippen LogP contribution in [0.4, 0.5) is 5.69 Å². The first-order chi connectivity index (χ1) is 11.3. The molecule has 0 saturated carbocycles. The van der Waals surface area contributed by atoms with Crippen molar-refractivity contribution in [3.05, 3.63) is 66.4 Å². The number of carbonyl (C=O) groups is 1. The summed E-state index contributed by atoms with van der Waals surface area (Å²) >= 11 is 0. The largest absolute Gasteiger partial charge is 0.380 e. The number of benzene rings is 1. The smallest absolute Gasteiger partial charge is 0.255 e. The van der Waals surface area contributed by atoms with Crippen molar-refractivity contribution in [3.63, 3.8) is 0 Å². The number of amides is 1. The minimum Gasteiger partial charge on any atom is -0.380 e. The maximum Gasteiger partial charge on any atom is 0.255 e. The van der Waals surface area contributed by atoms with E-state index < -0.39 is 0 Å². The van der Waals surface area contributed by atoms with E-state index in [0.717, 1.165) is 5.56 Å². The third-order valence-electron chi connectivity index (χ3n) is 3.17. The third-order valence-corrected chi connectivity index (χ3v) is 3.17. The van der Waals surface area contributed by atoms with Crippen molar-refractivity contribution in [2.45, 2.75) is 6.61 Å². The summed E-state index contributed by atoms with van der Waals surface area (Å²) in [5.41, 5.74) is 2.04. The summed E-state index contributed by atoms with van der Waals surface area (Å²) in [6.07, 6.45) is 4.57. The van der Waals surface area contributed by atoms with Gasteiger partial charge in [-0.3, -0.25) is 4.79 Å². The van der Waals surface area contributed by atoms with Crippen LogP contribution in [0.2, 0.25) is 0 Å². The quantitative estimate of drug-likeness (QED) is 0.780. The van der Waals surface area contributed by atoms with Crippen LogP contribution in [0.15, 0.2) is 55.2 Å². The maximum atomic E-state index is 12.5. The van der Waals surface area contributed by atoms with Gasteiger partial charge in [0.2, 0.25) is 0 Å². The van der Waals surface area contributed by atoms with Crippen LogP contribution in [0.25, 0.3) is 5.82 Å². The summed E-state index contributed by atoms with van der Waals surface area (Å²) in [6.45, 7) is 0.457. The molecule has 3 aromatic rings. The van der Waals surface area contributed by atoms with Crippen LogP contribution in [0, 0.1) is 0 Å². The fourth-order valence-electron chi connectivity index (χ4n) is 2.16. The van der Waals surface area contributed by atoms with Gasteiger partial charge in [-0.1, -0.05) is 12.1 Å². The molecule has 2 aromatic heterocycles. The van der Waals surface area contributed by atoms with E-state index in [0.29, 0.717) is 23.7 Å². The second-order valence-corrected chi connectivity index (χ2v) is 4.80. The van der Waals surface area contributed by atoms with Crippen molar-refractivity contribution in [3.8, 4) is 5.82 Å². The number of anilines is 1. The molecular weight excluding hydrogens is 294 g/mol. The molecule has 7 nitrogen and oxygen atoms in total. The zero-order valence-corrected chi connectivity index (χ0v) is 12.5. The summed E-state index contributed by atoms with van der Waals surface area (Å²) in [4.78, 5) is 20.6. The number of aromatic nitrogens is 4. The second kappa shape index (κ2) is 6.80. The van der Waals surface area contributed by atoms with Crippen LogP contribution >= 0.6 is 0 Å². The summed E-state index contributed by atoms with van der Waals surface area (Å²) in [6, 6.07) is 10.8. The fraction of sp³-hybridized carbons (Fsp3) is 0.125. The molecule has 3 rings (SSSR count). The van der Waals surface area contributed by atoms with Crippen LogP contribution in [-0.2, 0) is 11.3 Å². The molecule has 2 heterocycles. The number of pyridine rings is 1. The summed E-state index contributed by atoms with van der Waals surface area (Å²) in [5, 5.41) is 6.89. The van der Waals surface area contributed by atoms with Crippen LogP contribution in [0.3, 0.4) is 0 Å². The lowest BCUT2D eigenvalue weighted by Crippen LogP contribution is -2.15. The highest BCUT2D eigenvalue weighted by molar-refractivity contribution is 6.05. The first-order valence-electron chi connectivity index (χ1n) is 6.97. The minimum absolute atomic E-state index is 0.225. The highest BCUT2D eigenvalue weighted by Gasteiger charge is 2.12. The molecule has 0 saturated heterocycles. The molecule has 1 amide bonds. The topological polar surface area (TPSA) is 81.9 Å². The molecule has 0 spiro atoms. The Balaban J connectivity index is 1.85. The molecule has 23 heavy (non-hydrogen) atoms. The predicted octanol–water partition coefficient (Wildman–Crippen LogP) is 2.06. The highest BCUT2D eigenvalue weighted by atomic mass is 16.5. The Morgan fingerprint density at radius 2 is 2.22 bits per heavy atom. The van der Waals surface area contributed by atoms with Crippen LogP contribution < -0.4 is 5.32 Å². The van der Waals surface area contributed by atoms with Gasteiger partial charge < -0.3 is 10.1 Å². The number of hydrogen-bond acceptors (Lipinski definition) is 5. The van der Waals surface area contributed by atoms with Gasteiger partial charge in [-0.2, -0.15) is 5.10 Å². The molecule has 0 atom stereocenters. The number of nitrogens with one attached hydrogen (secondary N) is 1. The Morgan fingerprint density at radius 3 is 3.00 bits per heavy atom. The Kier molecular flexibility index (Phi) is 4.39. The Morgan fingerprint density at radius 1 is 1.30 bits per heavy atom. The van der Waals surface area contributed by atoms with Gasteiger partial charge in [0.25, 0.3) is 5.91 Å². The molecule has 7 heteroatoms. The zero-order chi connectivity index (χ0) is 16.1. The van der Waals surface area contributed by atoms with Gasteiger partial charge in [0.05, 0.1) is 12.3 Å². The number of rotatable bonds is 5. The molecular formula is C16H15N5O2. The van der Waals surface area contributed by atoms with Crippen molar-refractivity contribution < 1.29 is 9.53 Å². The average Bonchev–Trinajstić information content (AvgIpc) is 3.10. The van der Waals surface area contributed by atoms with Gasteiger partial charge in [-0.05, 0) is 29.8 Å². The molecule has 1 aromatic carbocycles. The zero-order valence-electron chi connectivity index (χ0n) is 12.5. The fourth-order valence-corrected chi connectivity index (χ4v) is 2.16. The maximum absolute atomic E-state index is 12.5.